The zero-order valence-electron chi connectivity index (χ0n) is 28.6. The van der Waals surface area contributed by atoms with Crippen molar-refractivity contribution < 1.29 is 27.1 Å². The molecule has 1 amide bonds. The lowest BCUT2D eigenvalue weighted by Gasteiger charge is -2.48. The van der Waals surface area contributed by atoms with E-state index in [9.17, 15) is 13.2 Å². The molecule has 2 aromatic heterocycles. The predicted octanol–water partition coefficient (Wildman–Crippen LogP) is 7.08. The summed E-state index contributed by atoms with van der Waals surface area (Å²) >= 11 is 0. The van der Waals surface area contributed by atoms with E-state index in [2.05, 4.69) is 33.5 Å². The third kappa shape index (κ3) is 7.24. The van der Waals surface area contributed by atoms with Gasteiger partial charge in [-0.3, -0.25) is 9.78 Å². The zero-order chi connectivity index (χ0) is 35.0. The molecule has 49 heavy (non-hydrogen) atoms. The van der Waals surface area contributed by atoms with Gasteiger partial charge in [-0.05, 0) is 82.2 Å². The van der Waals surface area contributed by atoms with Crippen LogP contribution in [-0.2, 0) is 10.0 Å². The van der Waals surface area contributed by atoms with Crippen LogP contribution in [0.5, 0.6) is 11.6 Å². The second kappa shape index (κ2) is 13.7. The largest absolute Gasteiger partial charge is 0.489 e. The summed E-state index contributed by atoms with van der Waals surface area (Å²) in [5, 5.41) is 0. The van der Waals surface area contributed by atoms with Gasteiger partial charge < -0.3 is 14.4 Å². The highest BCUT2D eigenvalue weighted by molar-refractivity contribution is 7.92. The number of ether oxygens (including phenoxy) is 2. The van der Waals surface area contributed by atoms with E-state index >= 15 is 4.39 Å². The molecule has 10 nitrogen and oxygen atoms in total. The number of pyridine rings is 1. The number of halogens is 1. The molecule has 1 N–H and O–H groups in total. The van der Waals surface area contributed by atoms with Crippen molar-refractivity contribution >= 4 is 21.9 Å². The molecule has 3 unspecified atom stereocenters. The number of nitrogens with one attached hydrogen (secondary N) is 1. The highest BCUT2D eigenvalue weighted by Gasteiger charge is 2.44. The third-order valence-electron chi connectivity index (χ3n) is 9.01. The van der Waals surface area contributed by atoms with Gasteiger partial charge in [-0.2, -0.15) is 4.98 Å². The molecule has 12 heteroatoms. The van der Waals surface area contributed by atoms with Crippen LogP contribution in [0.15, 0.2) is 65.7 Å². The van der Waals surface area contributed by atoms with Crippen LogP contribution in [0.1, 0.15) is 80.1 Å². The summed E-state index contributed by atoms with van der Waals surface area (Å²) in [6.07, 6.45) is 3.20. The Bertz CT molecular complexity index is 1970. The number of benzene rings is 2. The van der Waals surface area contributed by atoms with Gasteiger partial charge in [0, 0.05) is 35.2 Å². The Morgan fingerprint density at radius 1 is 1.02 bits per heavy atom. The number of aromatic nitrogens is 3. The number of aryl methyl sites for hydroxylation is 2. The molecular weight excluding hydrogens is 646 g/mol. The number of sulfonamides is 1. The summed E-state index contributed by atoms with van der Waals surface area (Å²) in [5.74, 6) is -0.709. The van der Waals surface area contributed by atoms with Crippen LogP contribution in [0.3, 0.4) is 0 Å². The van der Waals surface area contributed by atoms with Crippen molar-refractivity contribution in [1.29, 1.82) is 0 Å². The van der Waals surface area contributed by atoms with E-state index < -0.39 is 27.9 Å². The van der Waals surface area contributed by atoms with E-state index in [0.29, 0.717) is 30.7 Å². The number of nitrogens with zero attached hydrogens (tertiary/aromatic N) is 4. The average Bonchev–Trinajstić information content (AvgIpc) is 3.01. The maximum absolute atomic E-state index is 15.6. The first-order valence-electron chi connectivity index (χ1n) is 16.7. The summed E-state index contributed by atoms with van der Waals surface area (Å²) < 4.78 is 57.5. The quantitative estimate of drug-likeness (QED) is 0.219. The minimum Gasteiger partial charge on any atom is -0.489 e. The van der Waals surface area contributed by atoms with Crippen molar-refractivity contribution in [3.63, 3.8) is 0 Å². The van der Waals surface area contributed by atoms with Gasteiger partial charge >= 0.3 is 0 Å². The van der Waals surface area contributed by atoms with Gasteiger partial charge in [0.1, 0.15) is 18.2 Å². The van der Waals surface area contributed by atoms with Gasteiger partial charge in [0.05, 0.1) is 34.6 Å². The van der Waals surface area contributed by atoms with Crippen LogP contribution in [0, 0.1) is 25.6 Å². The molecule has 0 spiro atoms. The first-order chi connectivity index (χ1) is 23.3. The number of anilines is 1. The van der Waals surface area contributed by atoms with Crippen molar-refractivity contribution in [3.05, 3.63) is 89.0 Å². The van der Waals surface area contributed by atoms with Crippen molar-refractivity contribution in [2.45, 2.75) is 89.8 Å². The molecule has 3 atom stereocenters. The highest BCUT2D eigenvalue weighted by Crippen LogP contribution is 2.43. The molecule has 0 saturated heterocycles. The van der Waals surface area contributed by atoms with E-state index in [1.165, 1.54) is 24.4 Å². The van der Waals surface area contributed by atoms with E-state index in [1.54, 1.807) is 23.1 Å². The van der Waals surface area contributed by atoms with Gasteiger partial charge in [0.15, 0.2) is 0 Å². The molecule has 4 bridgehead atoms. The molecule has 1 saturated carbocycles. The lowest BCUT2D eigenvalue weighted by atomic mass is 9.74. The minimum absolute atomic E-state index is 0.0688. The smallest absolute Gasteiger partial charge is 0.264 e. The maximum atomic E-state index is 15.6. The van der Waals surface area contributed by atoms with E-state index in [1.807, 2.05) is 45.9 Å². The molecular formula is C37H42FN5O5S. The SMILES string of the molecule is Cc1cccc(C)c1-c1cc2nc(n1)NS(=O)(=O)c1cccc(c1)C(=O)N(C1CCC1c1ncc(OC(C)C)cc1F)C(CC(C)C)CO2. The van der Waals surface area contributed by atoms with Gasteiger partial charge in [0.2, 0.25) is 11.8 Å². The molecule has 3 heterocycles. The fourth-order valence-electron chi connectivity index (χ4n) is 6.77. The molecule has 4 aromatic rings. The first kappa shape index (κ1) is 34.3. The maximum Gasteiger partial charge on any atom is 0.264 e. The molecule has 258 valence electrons. The van der Waals surface area contributed by atoms with Crippen molar-refractivity contribution in [2.75, 3.05) is 11.3 Å². The normalized spacial score (nSPS) is 20.4. The lowest BCUT2D eigenvalue weighted by Crippen LogP contribution is -2.56. The van der Waals surface area contributed by atoms with Crippen LogP contribution < -0.4 is 14.2 Å². The Labute approximate surface area is 287 Å². The number of carbonyl (C=O) groups is 1. The number of hydrogen-bond acceptors (Lipinski definition) is 8. The van der Waals surface area contributed by atoms with Gasteiger partial charge in [-0.25, -0.2) is 22.5 Å². The first-order valence-corrected chi connectivity index (χ1v) is 18.1. The summed E-state index contributed by atoms with van der Waals surface area (Å²) in [6, 6.07) is 14.0. The summed E-state index contributed by atoms with van der Waals surface area (Å²) in [6.45, 7) is 11.8. The Hall–Kier alpha value is -4.58. The van der Waals surface area contributed by atoms with Crippen LogP contribution in [0.25, 0.3) is 11.3 Å². The number of carbonyl (C=O) groups excluding carboxylic acids is 1. The van der Waals surface area contributed by atoms with Crippen LogP contribution in [-0.4, -0.2) is 59.0 Å². The summed E-state index contributed by atoms with van der Waals surface area (Å²) in [7, 11) is -4.21. The van der Waals surface area contributed by atoms with Crippen LogP contribution in [0.4, 0.5) is 10.3 Å². The molecule has 6 rings (SSSR count). The second-order valence-electron chi connectivity index (χ2n) is 13.6. The number of rotatable bonds is 7. The minimum atomic E-state index is -4.21. The van der Waals surface area contributed by atoms with Crippen molar-refractivity contribution in [3.8, 4) is 22.9 Å². The third-order valence-corrected chi connectivity index (χ3v) is 10.3. The second-order valence-corrected chi connectivity index (χ2v) is 15.3. The highest BCUT2D eigenvalue weighted by atomic mass is 32.2. The Kier molecular flexibility index (Phi) is 9.61. The van der Waals surface area contributed by atoms with Crippen molar-refractivity contribution in [2.24, 2.45) is 5.92 Å². The Balaban J connectivity index is 1.46. The number of fused-ring (bicyclic) bond motifs is 4. The molecule has 1 aliphatic heterocycles. The fourth-order valence-corrected chi connectivity index (χ4v) is 7.75. The van der Waals surface area contributed by atoms with Gasteiger partial charge in [-0.15, -0.1) is 0 Å². The molecule has 2 aliphatic rings. The predicted molar refractivity (Wildman–Crippen MR) is 185 cm³/mol. The standard InChI is InChI=1S/C37H42FN5O5S/c1-21(2)15-26-20-47-33-18-31(34-23(5)9-7-10-24(34)6)40-37(41-33)42-49(45,46)28-12-8-11-25(16-28)36(44)43(26)32-14-13-29(32)35-30(38)17-27(19-39-35)48-22(3)4/h7-12,16-19,21-22,26,29,32H,13-15,20H2,1-6H3,(H,40,41,42). The zero-order valence-corrected chi connectivity index (χ0v) is 29.4. The van der Waals surface area contributed by atoms with Crippen molar-refractivity contribution in [1.82, 2.24) is 19.9 Å². The van der Waals surface area contributed by atoms with Crippen LogP contribution in [0.2, 0.25) is 0 Å². The number of hydrogen-bond donors (Lipinski definition) is 1. The van der Waals surface area contributed by atoms with E-state index in [-0.39, 0.29) is 58.4 Å². The molecule has 2 aromatic carbocycles. The Morgan fingerprint density at radius 3 is 2.41 bits per heavy atom. The summed E-state index contributed by atoms with van der Waals surface area (Å²) in [5.41, 5.74) is 3.72. The van der Waals surface area contributed by atoms with E-state index in [0.717, 1.165) is 16.7 Å². The van der Waals surface area contributed by atoms with E-state index in [4.69, 9.17) is 9.47 Å². The topological polar surface area (TPSA) is 124 Å². The fraction of sp³-hybridized carbons (Fsp3) is 0.405. The monoisotopic (exact) mass is 687 g/mol. The molecule has 1 aliphatic carbocycles. The lowest BCUT2D eigenvalue weighted by molar-refractivity contribution is 0.0205. The van der Waals surface area contributed by atoms with Gasteiger partial charge in [-0.1, -0.05) is 38.1 Å². The average molecular weight is 688 g/mol. The van der Waals surface area contributed by atoms with Crippen LogP contribution >= 0.6 is 0 Å². The van der Waals surface area contributed by atoms with Gasteiger partial charge in [0.25, 0.3) is 15.9 Å². The summed E-state index contributed by atoms with van der Waals surface area (Å²) in [4.78, 5) is 29.7. The Morgan fingerprint density at radius 2 is 1.76 bits per heavy atom. The number of amides is 1. The molecule has 1 fully saturated rings. The molecule has 0 radical (unpaired) electrons.